The van der Waals surface area contributed by atoms with Crippen molar-refractivity contribution >= 4 is 5.97 Å². The molecule has 1 fully saturated rings. The normalized spacial score (nSPS) is 39.2. The molecule has 0 aromatic heterocycles. The SMILES string of the molecule is C=C1C(=O)O[C@@H]2/C=C(\C)C[C@H](O)/C=C(/C)CC[C@@H]12. The summed E-state index contributed by atoms with van der Waals surface area (Å²) in [6.45, 7) is 7.81. The number of fused-ring (bicyclic) bond motifs is 1. The summed E-state index contributed by atoms with van der Waals surface area (Å²) in [7, 11) is 0. The van der Waals surface area contributed by atoms with Crippen molar-refractivity contribution in [2.24, 2.45) is 5.92 Å². The van der Waals surface area contributed by atoms with Crippen LogP contribution in [0.2, 0.25) is 0 Å². The van der Waals surface area contributed by atoms with E-state index < -0.39 is 6.10 Å². The molecule has 1 N–H and O–H groups in total. The Balaban J connectivity index is 2.27. The summed E-state index contributed by atoms with van der Waals surface area (Å²) in [5.74, 6) is -0.207. The molecule has 3 heteroatoms. The summed E-state index contributed by atoms with van der Waals surface area (Å²) in [5.41, 5.74) is 2.78. The lowest BCUT2D eigenvalue weighted by Gasteiger charge is -2.18. The fourth-order valence-electron chi connectivity index (χ4n) is 2.65. The number of aliphatic hydroxyl groups excluding tert-OH is 1. The van der Waals surface area contributed by atoms with Crippen LogP contribution < -0.4 is 0 Å². The maximum atomic E-state index is 11.6. The lowest BCUT2D eigenvalue weighted by molar-refractivity contribution is -0.137. The van der Waals surface area contributed by atoms with Crippen molar-refractivity contribution in [2.75, 3.05) is 0 Å². The van der Waals surface area contributed by atoms with Crippen LogP contribution in [0.25, 0.3) is 0 Å². The molecule has 0 bridgehead atoms. The minimum atomic E-state index is -0.446. The molecule has 3 atom stereocenters. The molecule has 0 unspecified atom stereocenters. The summed E-state index contributed by atoms with van der Waals surface area (Å²) in [5, 5.41) is 9.87. The third-order valence-electron chi connectivity index (χ3n) is 3.66. The molecule has 1 aliphatic carbocycles. The van der Waals surface area contributed by atoms with E-state index in [1.165, 1.54) is 0 Å². The summed E-state index contributed by atoms with van der Waals surface area (Å²) in [6, 6.07) is 0. The molecule has 0 aromatic carbocycles. The van der Waals surface area contributed by atoms with Crippen LogP contribution >= 0.6 is 0 Å². The quantitative estimate of drug-likeness (QED) is 0.407. The number of hydrogen-bond donors (Lipinski definition) is 1. The van der Waals surface area contributed by atoms with Gasteiger partial charge in [0.1, 0.15) is 6.10 Å². The molecule has 2 rings (SSSR count). The summed E-state index contributed by atoms with van der Waals surface area (Å²) >= 11 is 0. The van der Waals surface area contributed by atoms with Crippen LogP contribution in [-0.4, -0.2) is 23.3 Å². The number of carbonyl (C=O) groups is 1. The summed E-state index contributed by atoms with van der Waals surface area (Å²) in [4.78, 5) is 11.6. The van der Waals surface area contributed by atoms with Crippen molar-refractivity contribution in [3.63, 3.8) is 0 Å². The van der Waals surface area contributed by atoms with Gasteiger partial charge in [-0.05, 0) is 39.2 Å². The topological polar surface area (TPSA) is 46.5 Å². The van der Waals surface area contributed by atoms with Gasteiger partial charge in [-0.25, -0.2) is 4.79 Å². The van der Waals surface area contributed by atoms with Crippen LogP contribution in [0.5, 0.6) is 0 Å². The largest absolute Gasteiger partial charge is 0.454 e. The Bertz CT molecular complexity index is 431. The van der Waals surface area contributed by atoms with Gasteiger partial charge in [-0.1, -0.05) is 23.8 Å². The van der Waals surface area contributed by atoms with Gasteiger partial charge in [0.25, 0.3) is 0 Å². The molecule has 1 aliphatic heterocycles. The van der Waals surface area contributed by atoms with E-state index in [0.29, 0.717) is 12.0 Å². The van der Waals surface area contributed by atoms with Crippen LogP contribution in [0.3, 0.4) is 0 Å². The Labute approximate surface area is 108 Å². The molecule has 1 saturated heterocycles. The second-order valence-corrected chi connectivity index (χ2v) is 5.34. The smallest absolute Gasteiger partial charge is 0.334 e. The maximum Gasteiger partial charge on any atom is 0.334 e. The fourth-order valence-corrected chi connectivity index (χ4v) is 2.65. The van der Waals surface area contributed by atoms with E-state index in [1.807, 2.05) is 26.0 Å². The Morgan fingerprint density at radius 1 is 1.33 bits per heavy atom. The Kier molecular flexibility index (Phi) is 3.71. The molecule has 0 amide bonds. The molecule has 18 heavy (non-hydrogen) atoms. The van der Waals surface area contributed by atoms with Crippen LogP contribution in [-0.2, 0) is 9.53 Å². The van der Waals surface area contributed by atoms with E-state index in [0.717, 1.165) is 24.0 Å². The average molecular weight is 248 g/mol. The summed E-state index contributed by atoms with van der Waals surface area (Å²) < 4.78 is 5.33. The lowest BCUT2D eigenvalue weighted by Crippen LogP contribution is -2.17. The zero-order valence-electron chi connectivity index (χ0n) is 11.0. The number of hydrogen-bond acceptors (Lipinski definition) is 3. The van der Waals surface area contributed by atoms with E-state index in [9.17, 15) is 9.90 Å². The molecular formula is C15H20O3. The molecule has 2 aliphatic rings. The van der Waals surface area contributed by atoms with Gasteiger partial charge < -0.3 is 9.84 Å². The highest BCUT2D eigenvalue weighted by Crippen LogP contribution is 2.34. The molecule has 1 heterocycles. The van der Waals surface area contributed by atoms with E-state index >= 15 is 0 Å². The molecule has 0 spiro atoms. The first-order chi connectivity index (χ1) is 8.47. The van der Waals surface area contributed by atoms with Gasteiger partial charge in [0, 0.05) is 11.5 Å². The lowest BCUT2D eigenvalue weighted by atomic mass is 9.88. The summed E-state index contributed by atoms with van der Waals surface area (Å²) in [6.07, 6.45) is 5.50. The van der Waals surface area contributed by atoms with Gasteiger partial charge in [0.2, 0.25) is 0 Å². The van der Waals surface area contributed by atoms with Gasteiger partial charge in [-0.3, -0.25) is 0 Å². The van der Waals surface area contributed by atoms with Crippen LogP contribution in [0.15, 0.2) is 35.5 Å². The zero-order valence-corrected chi connectivity index (χ0v) is 11.0. The maximum absolute atomic E-state index is 11.6. The zero-order chi connectivity index (χ0) is 13.3. The first kappa shape index (κ1) is 13.1. The van der Waals surface area contributed by atoms with Crippen LogP contribution in [0.1, 0.15) is 33.1 Å². The number of aliphatic hydroxyl groups is 1. The molecular weight excluding hydrogens is 228 g/mol. The number of allylic oxidation sites excluding steroid dienone is 1. The van der Waals surface area contributed by atoms with Crippen molar-refractivity contribution in [1.82, 2.24) is 0 Å². The van der Waals surface area contributed by atoms with Crippen molar-refractivity contribution in [3.05, 3.63) is 35.5 Å². The molecule has 0 radical (unpaired) electrons. The highest BCUT2D eigenvalue weighted by molar-refractivity contribution is 5.91. The molecule has 0 saturated carbocycles. The van der Waals surface area contributed by atoms with E-state index in [4.69, 9.17) is 4.74 Å². The number of rotatable bonds is 0. The van der Waals surface area contributed by atoms with Gasteiger partial charge >= 0.3 is 5.97 Å². The van der Waals surface area contributed by atoms with Crippen molar-refractivity contribution in [2.45, 2.75) is 45.3 Å². The number of carbonyl (C=O) groups excluding carboxylic acids is 1. The van der Waals surface area contributed by atoms with Crippen LogP contribution in [0.4, 0.5) is 0 Å². The molecule has 98 valence electrons. The molecule has 3 nitrogen and oxygen atoms in total. The minimum absolute atomic E-state index is 0.0750. The minimum Gasteiger partial charge on any atom is -0.454 e. The standard InChI is InChI=1S/C15H20O3/c1-9-4-5-13-11(3)15(17)18-14(13)8-10(2)7-12(16)6-9/h6,8,12-14,16H,3-5,7H2,1-2H3/b9-6-,10-8+/t12-,13+,14-/m1/s1. The Morgan fingerprint density at radius 2 is 2.06 bits per heavy atom. The second-order valence-electron chi connectivity index (χ2n) is 5.34. The third kappa shape index (κ3) is 2.72. The van der Waals surface area contributed by atoms with Gasteiger partial charge in [0.15, 0.2) is 0 Å². The van der Waals surface area contributed by atoms with E-state index in [-0.39, 0.29) is 18.0 Å². The first-order valence-corrected chi connectivity index (χ1v) is 6.40. The first-order valence-electron chi connectivity index (χ1n) is 6.40. The Morgan fingerprint density at radius 3 is 2.78 bits per heavy atom. The third-order valence-corrected chi connectivity index (χ3v) is 3.66. The van der Waals surface area contributed by atoms with Crippen LogP contribution in [0, 0.1) is 5.92 Å². The van der Waals surface area contributed by atoms with Gasteiger partial charge in [-0.15, -0.1) is 0 Å². The highest BCUT2D eigenvalue weighted by atomic mass is 16.5. The van der Waals surface area contributed by atoms with E-state index in [2.05, 4.69) is 6.58 Å². The fraction of sp³-hybridized carbons (Fsp3) is 0.533. The second kappa shape index (κ2) is 5.11. The van der Waals surface area contributed by atoms with E-state index in [1.54, 1.807) is 0 Å². The van der Waals surface area contributed by atoms with Gasteiger partial charge in [0.05, 0.1) is 6.10 Å². The highest BCUT2D eigenvalue weighted by Gasteiger charge is 2.37. The monoisotopic (exact) mass is 248 g/mol. The Hall–Kier alpha value is -1.35. The predicted octanol–water partition coefficient (Wildman–Crippen LogP) is 2.52. The van der Waals surface area contributed by atoms with Gasteiger partial charge in [-0.2, -0.15) is 0 Å². The number of esters is 1. The molecule has 0 aromatic rings. The van der Waals surface area contributed by atoms with Crippen molar-refractivity contribution in [3.8, 4) is 0 Å². The average Bonchev–Trinajstić information content (AvgIpc) is 2.51. The predicted molar refractivity (Wildman–Crippen MR) is 69.9 cm³/mol. The van der Waals surface area contributed by atoms with Crippen molar-refractivity contribution in [1.29, 1.82) is 0 Å². The number of ether oxygens (including phenoxy) is 1. The van der Waals surface area contributed by atoms with Crippen molar-refractivity contribution < 1.29 is 14.6 Å².